The first-order valence-electron chi connectivity index (χ1n) is 7.01. The number of methoxy groups -OCH3 is 1. The summed E-state index contributed by atoms with van der Waals surface area (Å²) in [5.74, 6) is 1.66. The Morgan fingerprint density at radius 1 is 1.43 bits per heavy atom. The van der Waals surface area contributed by atoms with E-state index in [4.69, 9.17) is 9.26 Å². The van der Waals surface area contributed by atoms with E-state index in [-0.39, 0.29) is 5.91 Å². The smallest absolute Gasteiger partial charge is 0.227 e. The molecule has 1 aromatic heterocycles. The molecule has 1 saturated carbocycles. The maximum atomic E-state index is 11.6. The lowest BCUT2D eigenvalue weighted by Gasteiger charge is -2.03. The zero-order valence-electron chi connectivity index (χ0n) is 11.8. The van der Waals surface area contributed by atoms with Crippen LogP contribution in [0.5, 0.6) is 5.75 Å². The van der Waals surface area contributed by atoms with Crippen molar-refractivity contribution in [2.24, 2.45) is 0 Å². The van der Waals surface area contributed by atoms with Crippen molar-refractivity contribution in [3.05, 3.63) is 30.2 Å². The van der Waals surface area contributed by atoms with Crippen LogP contribution in [0.4, 0.5) is 0 Å². The molecule has 1 fully saturated rings. The Labute approximate surface area is 122 Å². The van der Waals surface area contributed by atoms with Gasteiger partial charge < -0.3 is 14.6 Å². The molecule has 0 saturated heterocycles. The fourth-order valence-corrected chi connectivity index (χ4v) is 2.04. The third-order valence-corrected chi connectivity index (χ3v) is 3.32. The number of amides is 1. The van der Waals surface area contributed by atoms with E-state index < -0.39 is 0 Å². The fraction of sp³-hybridized carbons (Fsp3) is 0.400. The first-order valence-corrected chi connectivity index (χ1v) is 7.01. The molecule has 0 spiro atoms. The van der Waals surface area contributed by atoms with Crippen LogP contribution < -0.4 is 10.1 Å². The summed E-state index contributed by atoms with van der Waals surface area (Å²) in [5.41, 5.74) is 0.775. The number of hydrogen-bond acceptors (Lipinski definition) is 5. The minimum absolute atomic E-state index is 0.0366. The SMILES string of the molecule is COc1ccccc1-c1noc(CCC(=O)NC2CC2)n1. The largest absolute Gasteiger partial charge is 0.496 e. The van der Waals surface area contributed by atoms with Crippen LogP contribution >= 0.6 is 0 Å². The monoisotopic (exact) mass is 287 g/mol. The van der Waals surface area contributed by atoms with E-state index in [9.17, 15) is 4.79 Å². The average molecular weight is 287 g/mol. The Morgan fingerprint density at radius 3 is 3.00 bits per heavy atom. The van der Waals surface area contributed by atoms with Gasteiger partial charge in [0.2, 0.25) is 17.6 Å². The molecule has 0 radical (unpaired) electrons. The van der Waals surface area contributed by atoms with Gasteiger partial charge >= 0.3 is 0 Å². The van der Waals surface area contributed by atoms with Crippen molar-refractivity contribution < 1.29 is 14.1 Å². The summed E-state index contributed by atoms with van der Waals surface area (Å²) in [4.78, 5) is 15.9. The molecule has 3 rings (SSSR count). The molecule has 1 aliphatic rings. The highest BCUT2D eigenvalue weighted by Crippen LogP contribution is 2.27. The second-order valence-electron chi connectivity index (χ2n) is 5.05. The molecule has 1 aliphatic carbocycles. The molecule has 0 bridgehead atoms. The summed E-state index contributed by atoms with van der Waals surface area (Å²) in [6.07, 6.45) is 2.99. The Balaban J connectivity index is 1.64. The molecule has 1 heterocycles. The zero-order chi connectivity index (χ0) is 14.7. The summed E-state index contributed by atoms with van der Waals surface area (Å²) in [6.45, 7) is 0. The van der Waals surface area contributed by atoms with Gasteiger partial charge in [0.25, 0.3) is 0 Å². The van der Waals surface area contributed by atoms with E-state index in [2.05, 4.69) is 15.5 Å². The number of nitrogens with one attached hydrogen (secondary N) is 1. The highest BCUT2D eigenvalue weighted by molar-refractivity contribution is 5.76. The molecule has 2 aromatic rings. The van der Waals surface area contributed by atoms with E-state index in [0.29, 0.717) is 36.3 Å². The molecule has 0 aliphatic heterocycles. The minimum atomic E-state index is 0.0366. The first kappa shape index (κ1) is 13.6. The highest BCUT2D eigenvalue weighted by atomic mass is 16.5. The van der Waals surface area contributed by atoms with Crippen LogP contribution in [0.2, 0.25) is 0 Å². The second-order valence-corrected chi connectivity index (χ2v) is 5.05. The summed E-state index contributed by atoms with van der Waals surface area (Å²) >= 11 is 0. The third kappa shape index (κ3) is 3.39. The number of benzene rings is 1. The summed E-state index contributed by atoms with van der Waals surface area (Å²) < 4.78 is 10.5. The number of carbonyl (C=O) groups is 1. The normalized spacial score (nSPS) is 14.0. The van der Waals surface area contributed by atoms with Crippen LogP contribution in [0.1, 0.15) is 25.2 Å². The van der Waals surface area contributed by atoms with Crippen LogP contribution in [-0.4, -0.2) is 29.2 Å². The molecular formula is C15H17N3O3. The maximum absolute atomic E-state index is 11.6. The highest BCUT2D eigenvalue weighted by Gasteiger charge is 2.23. The summed E-state index contributed by atoms with van der Waals surface area (Å²) in [7, 11) is 1.60. The van der Waals surface area contributed by atoms with Crippen molar-refractivity contribution >= 4 is 5.91 Å². The van der Waals surface area contributed by atoms with Crippen LogP contribution in [0, 0.1) is 0 Å². The molecule has 1 N–H and O–H groups in total. The number of carbonyl (C=O) groups excluding carboxylic acids is 1. The van der Waals surface area contributed by atoms with Crippen molar-refractivity contribution in [3.63, 3.8) is 0 Å². The van der Waals surface area contributed by atoms with Gasteiger partial charge in [-0.05, 0) is 25.0 Å². The predicted molar refractivity (Wildman–Crippen MR) is 75.8 cm³/mol. The molecule has 21 heavy (non-hydrogen) atoms. The van der Waals surface area contributed by atoms with Crippen LogP contribution in [0.3, 0.4) is 0 Å². The number of rotatable bonds is 6. The molecule has 110 valence electrons. The maximum Gasteiger partial charge on any atom is 0.227 e. The average Bonchev–Trinajstić information content (AvgIpc) is 3.19. The summed E-state index contributed by atoms with van der Waals surface area (Å²) in [5, 5.41) is 6.88. The predicted octanol–water partition coefficient (Wildman–Crippen LogP) is 1.96. The Kier molecular flexibility index (Phi) is 3.85. The van der Waals surface area contributed by atoms with Gasteiger partial charge in [-0.25, -0.2) is 0 Å². The first-order chi connectivity index (χ1) is 10.3. The van der Waals surface area contributed by atoms with Gasteiger partial charge in [-0.1, -0.05) is 17.3 Å². The van der Waals surface area contributed by atoms with E-state index in [1.807, 2.05) is 24.3 Å². The van der Waals surface area contributed by atoms with Gasteiger partial charge in [0.15, 0.2) is 0 Å². The van der Waals surface area contributed by atoms with Crippen molar-refractivity contribution in [1.29, 1.82) is 0 Å². The van der Waals surface area contributed by atoms with Crippen molar-refractivity contribution in [2.75, 3.05) is 7.11 Å². The molecule has 0 atom stereocenters. The minimum Gasteiger partial charge on any atom is -0.496 e. The van der Waals surface area contributed by atoms with Crippen molar-refractivity contribution in [3.8, 4) is 17.1 Å². The van der Waals surface area contributed by atoms with Crippen molar-refractivity contribution in [2.45, 2.75) is 31.7 Å². The van der Waals surface area contributed by atoms with E-state index in [1.54, 1.807) is 7.11 Å². The van der Waals surface area contributed by atoms with Crippen LogP contribution in [0.25, 0.3) is 11.4 Å². The van der Waals surface area contributed by atoms with Crippen LogP contribution in [-0.2, 0) is 11.2 Å². The topological polar surface area (TPSA) is 77.2 Å². The third-order valence-electron chi connectivity index (χ3n) is 3.32. The quantitative estimate of drug-likeness (QED) is 0.878. The van der Waals surface area contributed by atoms with Gasteiger partial charge in [0, 0.05) is 18.9 Å². The second kappa shape index (κ2) is 5.95. The molecule has 6 nitrogen and oxygen atoms in total. The number of aryl methyl sites for hydroxylation is 1. The van der Waals surface area contributed by atoms with Gasteiger partial charge in [-0.3, -0.25) is 4.79 Å². The summed E-state index contributed by atoms with van der Waals surface area (Å²) in [6, 6.07) is 7.86. The fourth-order valence-electron chi connectivity index (χ4n) is 2.04. The number of ether oxygens (including phenoxy) is 1. The zero-order valence-corrected chi connectivity index (χ0v) is 11.8. The molecule has 0 unspecified atom stereocenters. The van der Waals surface area contributed by atoms with E-state index in [1.165, 1.54) is 0 Å². The lowest BCUT2D eigenvalue weighted by Crippen LogP contribution is -2.25. The van der Waals surface area contributed by atoms with Gasteiger partial charge in [0.1, 0.15) is 5.75 Å². The van der Waals surface area contributed by atoms with Gasteiger partial charge in [-0.2, -0.15) is 4.98 Å². The lowest BCUT2D eigenvalue weighted by molar-refractivity contribution is -0.121. The number of para-hydroxylation sites is 1. The number of hydrogen-bond donors (Lipinski definition) is 1. The molecule has 1 amide bonds. The Hall–Kier alpha value is -2.37. The van der Waals surface area contributed by atoms with Crippen molar-refractivity contribution in [1.82, 2.24) is 15.5 Å². The van der Waals surface area contributed by atoms with E-state index in [0.717, 1.165) is 18.4 Å². The van der Waals surface area contributed by atoms with E-state index >= 15 is 0 Å². The Morgan fingerprint density at radius 2 is 2.24 bits per heavy atom. The van der Waals surface area contributed by atoms with Crippen LogP contribution in [0.15, 0.2) is 28.8 Å². The van der Waals surface area contributed by atoms with Gasteiger partial charge in [-0.15, -0.1) is 0 Å². The molecule has 6 heteroatoms. The number of aromatic nitrogens is 2. The standard InChI is InChI=1S/C15H17N3O3/c1-20-12-5-3-2-4-11(12)15-17-14(21-18-15)9-8-13(19)16-10-6-7-10/h2-5,10H,6-9H2,1H3,(H,16,19). The molecule has 1 aromatic carbocycles. The van der Waals surface area contributed by atoms with Gasteiger partial charge in [0.05, 0.1) is 12.7 Å². The number of nitrogens with zero attached hydrogens (tertiary/aromatic N) is 2. The lowest BCUT2D eigenvalue weighted by atomic mass is 10.2. The Bertz CT molecular complexity index is 635. The molecular weight excluding hydrogens is 270 g/mol.